The minimum Gasteiger partial charge on any atom is -0.465 e. The zero-order valence-electron chi connectivity index (χ0n) is 19.8. The highest BCUT2D eigenvalue weighted by molar-refractivity contribution is 6.24. The first-order valence-electron chi connectivity index (χ1n) is 11.7. The quantitative estimate of drug-likeness (QED) is 0.465. The van der Waals surface area contributed by atoms with Gasteiger partial charge in [-0.15, -0.1) is 0 Å². The number of amides is 3. The number of likely N-dealkylation sites (N-methyl/N-ethyl adjacent to an activating group) is 1. The number of guanidine groups is 1. The van der Waals surface area contributed by atoms with Crippen LogP contribution in [0.3, 0.4) is 0 Å². The lowest BCUT2D eigenvalue weighted by Gasteiger charge is -2.35. The lowest BCUT2D eigenvalue weighted by molar-refractivity contribution is -0.545. The fourth-order valence-electron chi connectivity index (χ4n) is 4.62. The number of imide groups is 1. The molecule has 2 atom stereocenters. The third-order valence-corrected chi connectivity index (χ3v) is 6.29. The number of rotatable bonds is 7. The first-order chi connectivity index (χ1) is 15.8. The average Bonchev–Trinajstić information content (AvgIpc) is 3.18. The summed E-state index contributed by atoms with van der Waals surface area (Å²) in [6.45, 7) is 7.20. The number of benzene rings is 1. The Labute approximate surface area is 194 Å². The van der Waals surface area contributed by atoms with E-state index >= 15 is 0 Å². The van der Waals surface area contributed by atoms with Gasteiger partial charge in [-0.2, -0.15) is 0 Å². The van der Waals surface area contributed by atoms with E-state index in [-0.39, 0.29) is 12.5 Å². The van der Waals surface area contributed by atoms with E-state index in [1.165, 1.54) is 10.5 Å². The second kappa shape index (κ2) is 9.33. The fraction of sp³-hybridized carbons (Fsp3) is 0.542. The maximum Gasteiger partial charge on any atom is 0.397 e. The van der Waals surface area contributed by atoms with E-state index in [4.69, 9.17) is 9.73 Å². The summed E-state index contributed by atoms with van der Waals surface area (Å²) in [6, 6.07) is 7.19. The molecule has 2 unspecified atom stereocenters. The second-order valence-electron chi connectivity index (χ2n) is 8.88. The topological polar surface area (TPSA) is 85.5 Å². The number of unbranched alkanes of at least 4 members (excludes halogenated alkanes) is 1. The summed E-state index contributed by atoms with van der Waals surface area (Å²) in [7, 11) is 1.59. The molecule has 1 saturated heterocycles. The largest absolute Gasteiger partial charge is 0.465 e. The zero-order valence-corrected chi connectivity index (χ0v) is 19.8. The molecule has 0 bridgehead atoms. The lowest BCUT2D eigenvalue weighted by Crippen LogP contribution is -2.64. The van der Waals surface area contributed by atoms with E-state index in [0.717, 1.165) is 36.4 Å². The van der Waals surface area contributed by atoms with Gasteiger partial charge in [0.15, 0.2) is 0 Å². The van der Waals surface area contributed by atoms with Crippen LogP contribution in [0, 0.1) is 5.92 Å². The molecule has 1 aromatic rings. The van der Waals surface area contributed by atoms with Gasteiger partial charge in [0.25, 0.3) is 5.91 Å². The van der Waals surface area contributed by atoms with Crippen molar-refractivity contribution in [3.8, 4) is 0 Å². The smallest absolute Gasteiger partial charge is 0.397 e. The number of aryl methyl sites for hydroxylation is 1. The Balaban J connectivity index is 1.65. The highest BCUT2D eigenvalue weighted by Crippen LogP contribution is 2.28. The van der Waals surface area contributed by atoms with Crippen LogP contribution in [0.4, 0.5) is 10.5 Å². The van der Waals surface area contributed by atoms with Gasteiger partial charge in [0, 0.05) is 13.0 Å². The number of nitrogens with zero attached hydrogens (tertiary/aromatic N) is 5. The molecule has 3 aliphatic rings. The van der Waals surface area contributed by atoms with Crippen LogP contribution < -0.4 is 4.90 Å². The van der Waals surface area contributed by atoms with Crippen molar-refractivity contribution in [1.82, 2.24) is 9.80 Å². The van der Waals surface area contributed by atoms with E-state index in [1.54, 1.807) is 14.0 Å². The number of aliphatic imine (C=N–C) groups is 1. The first kappa shape index (κ1) is 22.9. The van der Waals surface area contributed by atoms with Gasteiger partial charge in [0.1, 0.15) is 12.2 Å². The number of ether oxygens (including phenoxy) is 1. The van der Waals surface area contributed by atoms with Crippen molar-refractivity contribution in [1.29, 1.82) is 0 Å². The van der Waals surface area contributed by atoms with E-state index in [1.807, 2.05) is 4.58 Å². The number of urea groups is 1. The van der Waals surface area contributed by atoms with E-state index in [0.29, 0.717) is 18.3 Å². The molecule has 3 heterocycles. The summed E-state index contributed by atoms with van der Waals surface area (Å²) in [4.78, 5) is 47.5. The molecule has 176 valence electrons. The minimum atomic E-state index is -0.730. The molecular weight excluding hydrogens is 422 g/mol. The Hall–Kier alpha value is -3.23. The Bertz CT molecular complexity index is 1020. The molecule has 9 nitrogen and oxygen atoms in total. The summed E-state index contributed by atoms with van der Waals surface area (Å²) in [6.07, 6.45) is 3.37. The normalized spacial score (nSPS) is 22.4. The third-order valence-electron chi connectivity index (χ3n) is 6.29. The van der Waals surface area contributed by atoms with Crippen LogP contribution in [-0.2, 0) is 20.7 Å². The summed E-state index contributed by atoms with van der Waals surface area (Å²) in [5, 5.41) is 0. The monoisotopic (exact) mass is 454 g/mol. The molecule has 0 N–H and O–H groups in total. The Kier molecular flexibility index (Phi) is 6.49. The molecule has 0 saturated carbocycles. The summed E-state index contributed by atoms with van der Waals surface area (Å²) < 4.78 is 6.92. The number of hydrogen-bond donors (Lipinski definition) is 0. The molecule has 0 aromatic heterocycles. The molecule has 1 fully saturated rings. The van der Waals surface area contributed by atoms with Gasteiger partial charge in [-0.1, -0.05) is 37.4 Å². The van der Waals surface area contributed by atoms with Crippen molar-refractivity contribution in [2.24, 2.45) is 10.9 Å². The predicted molar refractivity (Wildman–Crippen MR) is 124 cm³/mol. The maximum atomic E-state index is 13.4. The van der Waals surface area contributed by atoms with Gasteiger partial charge >= 0.3 is 18.0 Å². The van der Waals surface area contributed by atoms with Crippen LogP contribution >= 0.6 is 0 Å². The van der Waals surface area contributed by atoms with Crippen molar-refractivity contribution in [2.75, 3.05) is 38.2 Å². The van der Waals surface area contributed by atoms with Gasteiger partial charge in [-0.25, -0.2) is 19.2 Å². The predicted octanol–water partition coefficient (Wildman–Crippen LogP) is 2.09. The lowest BCUT2D eigenvalue weighted by atomic mass is 10.1. The summed E-state index contributed by atoms with van der Waals surface area (Å²) in [5.74, 6) is 0.298. The van der Waals surface area contributed by atoms with Crippen LogP contribution in [0.2, 0.25) is 0 Å². The molecule has 0 spiro atoms. The summed E-state index contributed by atoms with van der Waals surface area (Å²) in [5.41, 5.74) is 2.31. The minimum absolute atomic E-state index is 0.189. The van der Waals surface area contributed by atoms with Crippen molar-refractivity contribution in [3.05, 3.63) is 29.8 Å². The molecule has 9 heteroatoms. The number of esters is 1. The van der Waals surface area contributed by atoms with E-state index < -0.39 is 30.5 Å². The Morgan fingerprint density at radius 2 is 1.94 bits per heavy atom. The number of fused-ring (bicyclic) bond motifs is 2. The highest BCUT2D eigenvalue weighted by Gasteiger charge is 2.55. The average molecular weight is 455 g/mol. The van der Waals surface area contributed by atoms with Crippen LogP contribution in [-0.4, -0.2) is 83.4 Å². The van der Waals surface area contributed by atoms with Crippen molar-refractivity contribution < 1.29 is 23.7 Å². The molecule has 0 aliphatic carbocycles. The van der Waals surface area contributed by atoms with E-state index in [2.05, 4.69) is 43.0 Å². The van der Waals surface area contributed by atoms with Crippen LogP contribution in [0.25, 0.3) is 0 Å². The van der Waals surface area contributed by atoms with Gasteiger partial charge in [0.2, 0.25) is 11.9 Å². The van der Waals surface area contributed by atoms with Crippen molar-refractivity contribution in [3.63, 3.8) is 0 Å². The van der Waals surface area contributed by atoms with Gasteiger partial charge in [-0.05, 0) is 37.5 Å². The maximum absolute atomic E-state index is 13.4. The molecule has 0 radical (unpaired) electrons. The third kappa shape index (κ3) is 4.24. The molecular formula is C24H32N5O4+. The Morgan fingerprint density at radius 3 is 2.61 bits per heavy atom. The van der Waals surface area contributed by atoms with Crippen LogP contribution in [0.1, 0.15) is 39.2 Å². The van der Waals surface area contributed by atoms with Gasteiger partial charge in [0.05, 0.1) is 19.7 Å². The number of carbonyl (C=O) groups excluding carboxylic acids is 3. The molecule has 3 amide bonds. The summed E-state index contributed by atoms with van der Waals surface area (Å²) >= 11 is 0. The fourth-order valence-corrected chi connectivity index (χ4v) is 4.62. The number of anilines is 1. The number of carbonyl (C=O) groups is 3. The second-order valence-corrected chi connectivity index (χ2v) is 8.88. The standard InChI is InChI=1S/C24H32N5O4/c1-5-7-8-17-9-11-18(12-10-17)27-13-16(3)14-28-20-21(25-23(27)28)26(4)24(32)29(22(20)31)15-19(30)33-6-2/h9-12,16,20H,5-8,13-15H2,1-4H3/q+1. The number of hydrogen-bond acceptors (Lipinski definition) is 6. The highest BCUT2D eigenvalue weighted by atomic mass is 16.5. The van der Waals surface area contributed by atoms with Crippen molar-refractivity contribution in [2.45, 2.75) is 46.1 Å². The van der Waals surface area contributed by atoms with Gasteiger partial charge < -0.3 is 4.74 Å². The molecule has 33 heavy (non-hydrogen) atoms. The number of amidine groups is 1. The van der Waals surface area contributed by atoms with Crippen molar-refractivity contribution >= 4 is 35.4 Å². The molecule has 4 rings (SSSR count). The zero-order chi connectivity index (χ0) is 23.7. The van der Waals surface area contributed by atoms with Gasteiger partial charge in [-0.3, -0.25) is 14.5 Å². The van der Waals surface area contributed by atoms with E-state index in [9.17, 15) is 14.4 Å². The molecule has 3 aliphatic heterocycles. The SMILES string of the molecule is CCCCc1ccc(N2CC(C)C[N+]3=C2N=C2C3C(=O)N(CC(=O)OCC)C(=O)N2C)cc1. The Morgan fingerprint density at radius 1 is 1.21 bits per heavy atom. The van der Waals surface area contributed by atoms with Crippen LogP contribution in [0.15, 0.2) is 29.3 Å². The molecule has 1 aromatic carbocycles. The van der Waals surface area contributed by atoms with Crippen LogP contribution in [0.5, 0.6) is 0 Å². The first-order valence-corrected chi connectivity index (χ1v) is 11.7.